The summed E-state index contributed by atoms with van der Waals surface area (Å²) >= 11 is 1.85. The largest absolute Gasteiger partial charge is 0.348 e. The van der Waals surface area contributed by atoms with Crippen LogP contribution in [0.5, 0.6) is 0 Å². The van der Waals surface area contributed by atoms with Crippen LogP contribution in [0.2, 0.25) is 0 Å². The van der Waals surface area contributed by atoms with Gasteiger partial charge >= 0.3 is 0 Å². The lowest BCUT2D eigenvalue weighted by Gasteiger charge is -2.31. The van der Waals surface area contributed by atoms with Crippen LogP contribution >= 0.6 is 11.3 Å². The molecule has 0 radical (unpaired) electrons. The van der Waals surface area contributed by atoms with Crippen LogP contribution in [0.15, 0.2) is 6.20 Å². The monoisotopic (exact) mass is 267 g/mol. The second kappa shape index (κ2) is 6.53. The smallest absolute Gasteiger partial charge is 0.185 e. The first kappa shape index (κ1) is 13.8. The van der Waals surface area contributed by atoms with E-state index in [1.54, 1.807) is 0 Å². The molecular formula is C14H25N3S. The maximum atomic E-state index is 4.60. The van der Waals surface area contributed by atoms with E-state index in [1.165, 1.54) is 42.4 Å². The van der Waals surface area contributed by atoms with E-state index in [1.807, 2.05) is 17.5 Å². The highest BCUT2D eigenvalue weighted by atomic mass is 32.1. The molecule has 1 aliphatic heterocycles. The number of rotatable bonds is 5. The number of hydrogen-bond donors (Lipinski definition) is 1. The van der Waals surface area contributed by atoms with Gasteiger partial charge in [0.1, 0.15) is 0 Å². The van der Waals surface area contributed by atoms with E-state index in [4.69, 9.17) is 0 Å². The number of piperidine rings is 1. The summed E-state index contributed by atoms with van der Waals surface area (Å²) < 4.78 is 0. The molecule has 0 amide bonds. The molecule has 1 aromatic rings. The highest BCUT2D eigenvalue weighted by Gasteiger charge is 2.20. The molecule has 1 N–H and O–H groups in total. The van der Waals surface area contributed by atoms with Crippen molar-refractivity contribution < 1.29 is 0 Å². The van der Waals surface area contributed by atoms with Crippen LogP contribution in [0.25, 0.3) is 0 Å². The van der Waals surface area contributed by atoms with E-state index in [0.29, 0.717) is 6.04 Å². The summed E-state index contributed by atoms with van der Waals surface area (Å²) in [5, 5.41) is 4.66. The number of nitrogens with one attached hydrogen (secondary N) is 1. The third kappa shape index (κ3) is 3.23. The topological polar surface area (TPSA) is 28.2 Å². The Morgan fingerprint density at radius 2 is 2.17 bits per heavy atom. The van der Waals surface area contributed by atoms with Crippen LogP contribution in [0.4, 0.5) is 5.13 Å². The van der Waals surface area contributed by atoms with E-state index >= 15 is 0 Å². The number of hydrogen-bond acceptors (Lipinski definition) is 4. The number of thiazole rings is 1. The maximum absolute atomic E-state index is 4.60. The molecule has 4 heteroatoms. The maximum Gasteiger partial charge on any atom is 0.185 e. The third-order valence-corrected chi connectivity index (χ3v) is 5.15. The Kier molecular flexibility index (Phi) is 5.01. The Morgan fingerprint density at radius 3 is 2.78 bits per heavy atom. The summed E-state index contributed by atoms with van der Waals surface area (Å²) in [4.78, 5) is 8.41. The molecule has 1 fully saturated rings. The van der Waals surface area contributed by atoms with Crippen molar-refractivity contribution in [2.45, 2.75) is 46.1 Å². The third-order valence-electron chi connectivity index (χ3n) is 3.91. The van der Waals surface area contributed by atoms with Crippen LogP contribution in [0.1, 0.15) is 51.0 Å². The molecule has 102 valence electrons. The van der Waals surface area contributed by atoms with Crippen molar-refractivity contribution in [2.75, 3.05) is 24.5 Å². The van der Waals surface area contributed by atoms with Crippen molar-refractivity contribution >= 4 is 16.5 Å². The molecule has 1 saturated heterocycles. The number of aromatic nitrogens is 1. The van der Waals surface area contributed by atoms with Gasteiger partial charge in [0.2, 0.25) is 0 Å². The predicted molar refractivity (Wildman–Crippen MR) is 79.4 cm³/mol. The van der Waals surface area contributed by atoms with Gasteiger partial charge in [0, 0.05) is 30.2 Å². The molecule has 1 aromatic heterocycles. The second-order valence-corrected chi connectivity index (χ2v) is 6.20. The zero-order valence-electron chi connectivity index (χ0n) is 11.8. The minimum atomic E-state index is 0.425. The highest BCUT2D eigenvalue weighted by molar-refractivity contribution is 7.15. The molecular weight excluding hydrogens is 242 g/mol. The zero-order chi connectivity index (χ0) is 13.0. The first-order valence-corrected chi connectivity index (χ1v) is 8.00. The van der Waals surface area contributed by atoms with E-state index in [0.717, 1.165) is 12.5 Å². The van der Waals surface area contributed by atoms with Gasteiger partial charge in [-0.05, 0) is 32.2 Å². The Balaban J connectivity index is 1.94. The van der Waals surface area contributed by atoms with Crippen LogP contribution in [0.3, 0.4) is 0 Å². The average Bonchev–Trinajstić information content (AvgIpc) is 2.89. The minimum absolute atomic E-state index is 0.425. The fourth-order valence-corrected chi connectivity index (χ4v) is 3.56. The lowest BCUT2D eigenvalue weighted by molar-refractivity contribution is 0.395. The first-order chi connectivity index (χ1) is 8.74. The second-order valence-electron chi connectivity index (χ2n) is 5.16. The lowest BCUT2D eigenvalue weighted by atomic mass is 9.95. The van der Waals surface area contributed by atoms with Gasteiger partial charge in [-0.15, -0.1) is 11.3 Å². The van der Waals surface area contributed by atoms with E-state index in [2.05, 4.69) is 36.0 Å². The summed E-state index contributed by atoms with van der Waals surface area (Å²) in [6, 6.07) is 0.425. The van der Waals surface area contributed by atoms with Gasteiger partial charge < -0.3 is 10.2 Å². The SMILES string of the molecule is CCNC(C)c1cnc(N2CCC(CC)CC2)s1. The zero-order valence-corrected chi connectivity index (χ0v) is 12.6. The van der Waals surface area contributed by atoms with Gasteiger partial charge in [-0.2, -0.15) is 0 Å². The van der Waals surface area contributed by atoms with Crippen molar-refractivity contribution in [3.8, 4) is 0 Å². The van der Waals surface area contributed by atoms with Crippen molar-refractivity contribution in [3.05, 3.63) is 11.1 Å². The van der Waals surface area contributed by atoms with Crippen molar-refractivity contribution in [3.63, 3.8) is 0 Å². The van der Waals surface area contributed by atoms with Crippen LogP contribution in [-0.4, -0.2) is 24.6 Å². The van der Waals surface area contributed by atoms with Crippen molar-refractivity contribution in [1.82, 2.24) is 10.3 Å². The summed E-state index contributed by atoms with van der Waals surface area (Å²) in [6.07, 6.45) is 6.02. The van der Waals surface area contributed by atoms with Crippen LogP contribution in [0, 0.1) is 5.92 Å². The Bertz CT molecular complexity index is 356. The molecule has 0 aromatic carbocycles. The van der Waals surface area contributed by atoms with Crippen LogP contribution < -0.4 is 10.2 Å². The van der Waals surface area contributed by atoms with Gasteiger partial charge in [0.05, 0.1) is 0 Å². The number of anilines is 1. The molecule has 18 heavy (non-hydrogen) atoms. The normalized spacial score (nSPS) is 19.2. The minimum Gasteiger partial charge on any atom is -0.348 e. The molecule has 3 nitrogen and oxygen atoms in total. The Morgan fingerprint density at radius 1 is 1.44 bits per heavy atom. The van der Waals surface area contributed by atoms with Crippen molar-refractivity contribution in [1.29, 1.82) is 0 Å². The molecule has 0 aliphatic carbocycles. The Labute approximate surface area is 115 Å². The fourth-order valence-electron chi connectivity index (χ4n) is 2.56. The van der Waals surface area contributed by atoms with E-state index in [-0.39, 0.29) is 0 Å². The number of nitrogens with zero attached hydrogens (tertiary/aromatic N) is 2. The first-order valence-electron chi connectivity index (χ1n) is 7.18. The van der Waals surface area contributed by atoms with E-state index < -0.39 is 0 Å². The van der Waals surface area contributed by atoms with Gasteiger partial charge in [-0.1, -0.05) is 20.3 Å². The highest BCUT2D eigenvalue weighted by Crippen LogP contribution is 2.30. The molecule has 0 spiro atoms. The Hall–Kier alpha value is -0.610. The van der Waals surface area contributed by atoms with Crippen molar-refractivity contribution in [2.24, 2.45) is 5.92 Å². The fraction of sp³-hybridized carbons (Fsp3) is 0.786. The summed E-state index contributed by atoms with van der Waals surface area (Å²) in [5.41, 5.74) is 0. The van der Waals surface area contributed by atoms with Gasteiger partial charge in [0.15, 0.2) is 5.13 Å². The lowest BCUT2D eigenvalue weighted by Crippen LogP contribution is -2.33. The van der Waals surface area contributed by atoms with E-state index in [9.17, 15) is 0 Å². The molecule has 1 atom stereocenters. The molecule has 2 rings (SSSR count). The predicted octanol–water partition coefficient (Wildman–Crippen LogP) is 3.44. The summed E-state index contributed by atoms with van der Waals surface area (Å²) in [6.45, 7) is 10.0. The summed E-state index contributed by atoms with van der Waals surface area (Å²) in [5.74, 6) is 0.932. The molecule has 1 aliphatic rings. The molecule has 0 bridgehead atoms. The molecule has 0 saturated carbocycles. The van der Waals surface area contributed by atoms with Gasteiger partial charge in [-0.3, -0.25) is 0 Å². The van der Waals surface area contributed by atoms with Gasteiger partial charge in [0.25, 0.3) is 0 Å². The summed E-state index contributed by atoms with van der Waals surface area (Å²) in [7, 11) is 0. The average molecular weight is 267 g/mol. The quantitative estimate of drug-likeness (QED) is 0.886. The molecule has 1 unspecified atom stereocenters. The molecule has 2 heterocycles. The van der Waals surface area contributed by atoms with Crippen LogP contribution in [-0.2, 0) is 0 Å². The standard InChI is InChI=1S/C14H25N3S/c1-4-12-6-8-17(9-7-12)14-16-10-13(18-14)11(3)15-5-2/h10-12,15H,4-9H2,1-3H3. The van der Waals surface area contributed by atoms with Gasteiger partial charge in [-0.25, -0.2) is 4.98 Å².